The largest absolute Gasteiger partial charge is 0.504 e. The second kappa shape index (κ2) is 11.4. The quantitative estimate of drug-likeness (QED) is 0.504. The van der Waals surface area contributed by atoms with Gasteiger partial charge in [-0.05, 0) is 69.1 Å². The number of benzene rings is 1. The van der Waals surface area contributed by atoms with Gasteiger partial charge in [0, 0.05) is 31.6 Å². The van der Waals surface area contributed by atoms with E-state index in [4.69, 9.17) is 9.47 Å². The Morgan fingerprint density at radius 1 is 1.19 bits per heavy atom. The van der Waals surface area contributed by atoms with Crippen molar-refractivity contribution < 1.29 is 24.5 Å². The standard InChI is InChI=1S/C26H36O5/c1-3-19-7-6-8-21(25(30-18(2)27)17-22(28)13-11-19)15-20-12-14-24(29)26(16-20)31-23-9-4-5-10-23/h12,14,16,19,21-23,25,28-29H,3-5,8-11,13,15,17H2,1-2H3. The summed E-state index contributed by atoms with van der Waals surface area (Å²) in [6.45, 7) is 3.54. The highest BCUT2D eigenvalue weighted by atomic mass is 16.5. The highest BCUT2D eigenvalue weighted by molar-refractivity contribution is 5.66. The maximum atomic E-state index is 11.8. The third kappa shape index (κ3) is 7.18. The van der Waals surface area contributed by atoms with E-state index in [-0.39, 0.29) is 23.7 Å². The summed E-state index contributed by atoms with van der Waals surface area (Å²) in [4.78, 5) is 11.8. The van der Waals surface area contributed by atoms with Crippen molar-refractivity contribution in [3.05, 3.63) is 23.8 Å². The summed E-state index contributed by atoms with van der Waals surface area (Å²) in [7, 11) is 0. The zero-order valence-corrected chi connectivity index (χ0v) is 18.8. The summed E-state index contributed by atoms with van der Waals surface area (Å²) < 4.78 is 11.7. The SMILES string of the molecule is CCC1C#CCC(Cc2ccc(O)c(OC3CCCC3)c2)C(OC(C)=O)CC(O)CC1. The summed E-state index contributed by atoms with van der Waals surface area (Å²) >= 11 is 0. The molecule has 1 aromatic rings. The van der Waals surface area contributed by atoms with Crippen molar-refractivity contribution in [3.8, 4) is 23.3 Å². The van der Waals surface area contributed by atoms with Gasteiger partial charge in [-0.25, -0.2) is 0 Å². The van der Waals surface area contributed by atoms with E-state index in [0.29, 0.717) is 37.4 Å². The van der Waals surface area contributed by atoms with Crippen LogP contribution in [0.25, 0.3) is 0 Å². The normalized spacial score (nSPS) is 27.2. The molecule has 170 valence electrons. The molecule has 2 N–H and O–H groups in total. The molecule has 4 unspecified atom stereocenters. The molecule has 0 bridgehead atoms. The molecule has 5 heteroatoms. The van der Waals surface area contributed by atoms with Crippen LogP contribution < -0.4 is 4.74 Å². The molecular weight excluding hydrogens is 392 g/mol. The minimum atomic E-state index is -0.512. The number of phenols is 1. The lowest BCUT2D eigenvalue weighted by Gasteiger charge is -2.29. The van der Waals surface area contributed by atoms with Gasteiger partial charge in [0.05, 0.1) is 12.2 Å². The number of carbonyl (C=O) groups is 1. The molecule has 2 aliphatic carbocycles. The fourth-order valence-electron chi connectivity index (χ4n) is 4.65. The Kier molecular flexibility index (Phi) is 8.66. The Morgan fingerprint density at radius 3 is 2.68 bits per heavy atom. The molecule has 0 amide bonds. The first-order valence-corrected chi connectivity index (χ1v) is 11.8. The zero-order chi connectivity index (χ0) is 22.2. The average Bonchev–Trinajstić information content (AvgIpc) is 3.24. The van der Waals surface area contributed by atoms with Crippen LogP contribution in [0.15, 0.2) is 18.2 Å². The van der Waals surface area contributed by atoms with Crippen LogP contribution in [0, 0.1) is 23.7 Å². The van der Waals surface area contributed by atoms with Crippen molar-refractivity contribution in [2.45, 2.75) is 96.4 Å². The molecule has 1 saturated carbocycles. The number of carbonyl (C=O) groups excluding carboxylic acids is 1. The molecule has 3 rings (SSSR count). The van der Waals surface area contributed by atoms with E-state index >= 15 is 0 Å². The highest BCUT2D eigenvalue weighted by Gasteiger charge is 2.28. The summed E-state index contributed by atoms with van der Waals surface area (Å²) in [6, 6.07) is 5.46. The number of phenolic OH excluding ortho intramolecular Hbond substituents is 1. The Balaban J connectivity index is 1.81. The van der Waals surface area contributed by atoms with Crippen LogP contribution in [0.3, 0.4) is 0 Å². The molecule has 5 nitrogen and oxygen atoms in total. The molecule has 1 aromatic carbocycles. The molecule has 0 aliphatic heterocycles. The van der Waals surface area contributed by atoms with E-state index in [1.54, 1.807) is 6.07 Å². The molecule has 1 fully saturated rings. The Morgan fingerprint density at radius 2 is 1.97 bits per heavy atom. The van der Waals surface area contributed by atoms with Gasteiger partial charge in [-0.2, -0.15) is 0 Å². The molecule has 0 radical (unpaired) electrons. The lowest BCUT2D eigenvalue weighted by molar-refractivity contribution is -0.150. The molecule has 0 spiro atoms. The summed E-state index contributed by atoms with van der Waals surface area (Å²) in [6.07, 6.45) is 7.78. The smallest absolute Gasteiger partial charge is 0.302 e. The van der Waals surface area contributed by atoms with E-state index in [1.165, 1.54) is 6.92 Å². The third-order valence-electron chi connectivity index (χ3n) is 6.48. The first-order valence-electron chi connectivity index (χ1n) is 11.8. The van der Waals surface area contributed by atoms with Crippen molar-refractivity contribution in [1.29, 1.82) is 0 Å². The number of rotatable bonds is 6. The van der Waals surface area contributed by atoms with Gasteiger partial charge in [0.1, 0.15) is 6.10 Å². The topological polar surface area (TPSA) is 76.0 Å². The van der Waals surface area contributed by atoms with Gasteiger partial charge in [-0.3, -0.25) is 4.79 Å². The molecule has 2 aliphatic rings. The van der Waals surface area contributed by atoms with Crippen molar-refractivity contribution in [1.82, 2.24) is 0 Å². The van der Waals surface area contributed by atoms with Crippen LogP contribution >= 0.6 is 0 Å². The number of hydrogen-bond donors (Lipinski definition) is 2. The maximum absolute atomic E-state index is 11.8. The number of aromatic hydroxyl groups is 1. The minimum absolute atomic E-state index is 0.0365. The predicted molar refractivity (Wildman–Crippen MR) is 120 cm³/mol. The number of ether oxygens (including phenoxy) is 2. The number of aliphatic hydroxyl groups is 1. The Bertz CT molecular complexity index is 787. The first-order chi connectivity index (χ1) is 14.9. The minimum Gasteiger partial charge on any atom is -0.504 e. The Hall–Kier alpha value is -2.19. The second-order valence-electron chi connectivity index (χ2n) is 9.04. The van der Waals surface area contributed by atoms with E-state index in [0.717, 1.165) is 44.1 Å². The van der Waals surface area contributed by atoms with Crippen LogP contribution in [0.1, 0.15) is 77.2 Å². The van der Waals surface area contributed by atoms with Gasteiger partial charge >= 0.3 is 5.97 Å². The average molecular weight is 429 g/mol. The third-order valence-corrected chi connectivity index (χ3v) is 6.48. The van der Waals surface area contributed by atoms with Crippen molar-refractivity contribution in [3.63, 3.8) is 0 Å². The van der Waals surface area contributed by atoms with Gasteiger partial charge in [0.15, 0.2) is 11.5 Å². The first kappa shape index (κ1) is 23.5. The number of esters is 1. The van der Waals surface area contributed by atoms with E-state index in [2.05, 4.69) is 18.8 Å². The molecule has 4 atom stereocenters. The van der Waals surface area contributed by atoms with Crippen molar-refractivity contribution in [2.24, 2.45) is 11.8 Å². The van der Waals surface area contributed by atoms with Gasteiger partial charge in [-0.15, -0.1) is 5.92 Å². The van der Waals surface area contributed by atoms with Gasteiger partial charge in [-0.1, -0.05) is 18.9 Å². The van der Waals surface area contributed by atoms with E-state index in [1.807, 2.05) is 12.1 Å². The fourth-order valence-corrected chi connectivity index (χ4v) is 4.65. The summed E-state index contributed by atoms with van der Waals surface area (Å²) in [5.74, 6) is 7.27. The van der Waals surface area contributed by atoms with Crippen LogP contribution in [-0.4, -0.2) is 34.5 Å². The lowest BCUT2D eigenvalue weighted by atomic mass is 9.85. The van der Waals surface area contributed by atoms with Crippen LogP contribution in [0.5, 0.6) is 11.5 Å². The molecule has 0 saturated heterocycles. The highest BCUT2D eigenvalue weighted by Crippen LogP contribution is 2.33. The maximum Gasteiger partial charge on any atom is 0.302 e. The number of aliphatic hydroxyl groups excluding tert-OH is 1. The van der Waals surface area contributed by atoms with Crippen molar-refractivity contribution in [2.75, 3.05) is 0 Å². The zero-order valence-electron chi connectivity index (χ0n) is 18.8. The summed E-state index contributed by atoms with van der Waals surface area (Å²) in [5, 5.41) is 20.8. The molecular formula is C26H36O5. The second-order valence-corrected chi connectivity index (χ2v) is 9.04. The van der Waals surface area contributed by atoms with Gasteiger partial charge in [0.25, 0.3) is 0 Å². The molecule has 0 aromatic heterocycles. The lowest BCUT2D eigenvalue weighted by Crippen LogP contribution is -2.32. The van der Waals surface area contributed by atoms with Gasteiger partial charge < -0.3 is 19.7 Å². The van der Waals surface area contributed by atoms with E-state index in [9.17, 15) is 15.0 Å². The van der Waals surface area contributed by atoms with Crippen LogP contribution in [-0.2, 0) is 16.0 Å². The number of hydrogen-bond acceptors (Lipinski definition) is 5. The predicted octanol–water partition coefficient (Wildman–Crippen LogP) is 4.77. The fraction of sp³-hybridized carbons (Fsp3) is 0.654. The monoisotopic (exact) mass is 428 g/mol. The molecule has 0 heterocycles. The van der Waals surface area contributed by atoms with Crippen LogP contribution in [0.4, 0.5) is 0 Å². The molecule has 31 heavy (non-hydrogen) atoms. The van der Waals surface area contributed by atoms with Crippen molar-refractivity contribution >= 4 is 5.97 Å². The van der Waals surface area contributed by atoms with E-state index < -0.39 is 12.2 Å². The van der Waals surface area contributed by atoms with Crippen LogP contribution in [0.2, 0.25) is 0 Å². The Labute approximate surface area is 186 Å². The summed E-state index contributed by atoms with van der Waals surface area (Å²) in [5.41, 5.74) is 1.01. The van der Waals surface area contributed by atoms with Gasteiger partial charge in [0.2, 0.25) is 0 Å².